The first-order valence-electron chi connectivity index (χ1n) is 24.3. The van der Waals surface area contributed by atoms with E-state index in [0.29, 0.717) is 0 Å². The molecule has 0 bridgehead atoms. The maximum absolute atomic E-state index is 7.30. The van der Waals surface area contributed by atoms with Crippen LogP contribution in [0.2, 0.25) is 0 Å². The van der Waals surface area contributed by atoms with Gasteiger partial charge in [0.2, 0.25) is 0 Å². The van der Waals surface area contributed by atoms with E-state index in [4.69, 9.17) is 54.9 Å². The van der Waals surface area contributed by atoms with Gasteiger partial charge in [-0.2, -0.15) is 0 Å². The van der Waals surface area contributed by atoms with Gasteiger partial charge in [0, 0.05) is 0 Å². The summed E-state index contributed by atoms with van der Waals surface area (Å²) < 4.78 is 82.5. The second-order valence-electron chi connectivity index (χ2n) is 17.8. The van der Waals surface area contributed by atoms with E-state index >= 15 is 0 Å². The van der Waals surface area contributed by atoms with Gasteiger partial charge in [-0.3, -0.25) is 0 Å². The number of ether oxygens (including phenoxy) is 3. The van der Waals surface area contributed by atoms with Gasteiger partial charge in [-0.1, -0.05) is 212 Å². The molecule has 2 fully saturated rings. The van der Waals surface area contributed by atoms with Crippen molar-refractivity contribution in [2.45, 2.75) is 103 Å². The first-order chi connectivity index (χ1) is 35.9. The summed E-state index contributed by atoms with van der Waals surface area (Å²) in [6, 6.07) is 69.4. The lowest BCUT2D eigenvalue weighted by Gasteiger charge is -2.47. The van der Waals surface area contributed by atoms with Crippen molar-refractivity contribution in [3.63, 3.8) is 0 Å². The van der Waals surface area contributed by atoms with Gasteiger partial charge in [-0.05, 0) is 52.8 Å². The molecule has 1 aliphatic heterocycles. The van der Waals surface area contributed by atoms with E-state index in [0.717, 1.165) is 38.9 Å². The highest BCUT2D eigenvalue weighted by molar-refractivity contribution is 7.42. The minimum atomic E-state index is -2.16. The van der Waals surface area contributed by atoms with Crippen molar-refractivity contribution < 1.29 is 54.9 Å². The fourth-order valence-electron chi connectivity index (χ4n) is 8.19. The Balaban J connectivity index is 1.12. The monoisotopic (exact) mass is 1040 g/mol. The lowest BCUT2D eigenvalue weighted by atomic mass is 9.85. The quantitative estimate of drug-likeness (QED) is 0.0457. The van der Waals surface area contributed by atoms with E-state index < -0.39 is 68.2 Å². The number of hydrogen-bond donors (Lipinski definition) is 0. The Morgan fingerprint density at radius 1 is 0.301 bits per heavy atom. The van der Waals surface area contributed by atoms with Crippen molar-refractivity contribution in [2.24, 2.45) is 0 Å². The average molecular weight is 1040 g/mol. The molecule has 1 saturated carbocycles. The van der Waals surface area contributed by atoms with E-state index in [2.05, 4.69) is 0 Å². The molecule has 1 heterocycles. The fraction of sp³-hybridized carbons (Fsp3) is 0.276. The predicted molar refractivity (Wildman–Crippen MR) is 282 cm³/mol. The highest BCUT2D eigenvalue weighted by Crippen LogP contribution is 2.55. The van der Waals surface area contributed by atoms with Crippen LogP contribution in [-0.4, -0.2) is 42.4 Å². The molecule has 0 radical (unpaired) electrons. The molecule has 6 atom stereocenters. The Kier molecular flexibility index (Phi) is 20.2. The third-order valence-electron chi connectivity index (χ3n) is 11.8. The van der Waals surface area contributed by atoms with Gasteiger partial charge < -0.3 is 54.9 Å². The summed E-state index contributed by atoms with van der Waals surface area (Å²) >= 11 is 0. The first-order valence-corrected chi connectivity index (χ1v) is 27.6. The first kappa shape index (κ1) is 53.2. The molecule has 2 aliphatic rings. The molecule has 0 spiro atoms. The standard InChI is InChI=1S/C58H61O12P3/c1-58(2)66-53-54(67-58)57(70-73(64-43-50-34-20-8-21-35-50)65-44-51-36-22-9-23-37-51)56(69-72(62-41-48-30-16-6-17-31-48)63-42-49-32-18-7-19-33-49)52(59-38-45-24-10-3-11-25-45)55(53)68-71(60-39-46-26-12-4-13-27-46)61-40-47-28-14-5-15-29-47/h3-37,52-57H,38-44H2,1-2H3/t52-,53+,54-,55-,56+,57+/m1/s1. The zero-order chi connectivity index (χ0) is 49.9. The maximum Gasteiger partial charge on any atom is 0.333 e. The van der Waals surface area contributed by atoms with Crippen LogP contribution in [-0.2, 0) is 101 Å². The smallest absolute Gasteiger partial charge is 0.333 e. The molecule has 1 saturated heterocycles. The molecule has 15 heteroatoms. The van der Waals surface area contributed by atoms with Crippen molar-refractivity contribution in [1.29, 1.82) is 0 Å². The normalized spacial score (nSPS) is 20.4. The predicted octanol–water partition coefficient (Wildman–Crippen LogP) is 14.2. The Bertz CT molecular complexity index is 2480. The largest absolute Gasteiger partial charge is 0.368 e. The Morgan fingerprint density at radius 2 is 0.521 bits per heavy atom. The lowest BCUT2D eigenvalue weighted by molar-refractivity contribution is -0.198. The van der Waals surface area contributed by atoms with Crippen LogP contribution in [0.4, 0.5) is 0 Å². The van der Waals surface area contributed by atoms with Gasteiger partial charge in [0.25, 0.3) is 0 Å². The lowest BCUT2D eigenvalue weighted by Crippen LogP contribution is -2.64. The van der Waals surface area contributed by atoms with Gasteiger partial charge in [0.05, 0.1) is 46.2 Å². The van der Waals surface area contributed by atoms with Crippen LogP contribution in [0.15, 0.2) is 212 Å². The van der Waals surface area contributed by atoms with Gasteiger partial charge in [-0.15, -0.1) is 0 Å². The molecule has 0 N–H and O–H groups in total. The Morgan fingerprint density at radius 3 is 0.781 bits per heavy atom. The molecule has 12 nitrogen and oxygen atoms in total. The van der Waals surface area contributed by atoms with Gasteiger partial charge in [0.15, 0.2) is 5.79 Å². The highest BCUT2D eigenvalue weighted by atomic mass is 31.2. The number of benzene rings is 7. The second-order valence-corrected chi connectivity index (χ2v) is 21.3. The van der Waals surface area contributed by atoms with Crippen LogP contribution in [0.25, 0.3) is 0 Å². The van der Waals surface area contributed by atoms with Crippen LogP contribution >= 0.6 is 25.8 Å². The van der Waals surface area contributed by atoms with Crippen LogP contribution in [0, 0.1) is 0 Å². The van der Waals surface area contributed by atoms with Crippen molar-refractivity contribution in [3.8, 4) is 0 Å². The molecule has 0 unspecified atom stereocenters. The maximum atomic E-state index is 7.30. The molecule has 73 heavy (non-hydrogen) atoms. The highest BCUT2D eigenvalue weighted by Gasteiger charge is 2.62. The van der Waals surface area contributed by atoms with Crippen LogP contribution in [0.3, 0.4) is 0 Å². The third kappa shape index (κ3) is 16.4. The fourth-order valence-corrected chi connectivity index (χ4v) is 11.6. The van der Waals surface area contributed by atoms with Gasteiger partial charge >= 0.3 is 25.8 Å². The Labute approximate surface area is 432 Å². The third-order valence-corrected chi connectivity index (χ3v) is 15.1. The summed E-state index contributed by atoms with van der Waals surface area (Å²) in [5.41, 5.74) is 6.60. The summed E-state index contributed by atoms with van der Waals surface area (Å²) in [5.74, 6) is -1.12. The molecule has 7 aromatic carbocycles. The molecule has 380 valence electrons. The molecule has 0 aromatic heterocycles. The van der Waals surface area contributed by atoms with Crippen molar-refractivity contribution >= 4 is 25.8 Å². The Hall–Kier alpha value is -4.65. The van der Waals surface area contributed by atoms with Crippen LogP contribution in [0.5, 0.6) is 0 Å². The zero-order valence-corrected chi connectivity index (χ0v) is 43.5. The summed E-state index contributed by atoms with van der Waals surface area (Å²) in [4.78, 5) is 0. The van der Waals surface area contributed by atoms with E-state index in [-0.39, 0.29) is 46.2 Å². The van der Waals surface area contributed by atoms with Crippen molar-refractivity contribution in [3.05, 3.63) is 251 Å². The molecule has 9 rings (SSSR count). The summed E-state index contributed by atoms with van der Waals surface area (Å²) in [5, 5.41) is 0. The van der Waals surface area contributed by atoms with E-state index in [1.807, 2.05) is 226 Å². The summed E-state index contributed by atoms with van der Waals surface area (Å²) in [6.45, 7) is 5.19. The molecule has 1 aliphatic carbocycles. The van der Waals surface area contributed by atoms with Crippen molar-refractivity contribution in [2.75, 3.05) is 0 Å². The van der Waals surface area contributed by atoms with Crippen LogP contribution < -0.4 is 0 Å². The van der Waals surface area contributed by atoms with E-state index in [9.17, 15) is 0 Å². The molecule has 7 aromatic rings. The number of fused-ring (bicyclic) bond motifs is 1. The zero-order valence-electron chi connectivity index (χ0n) is 40.9. The molecular weight excluding hydrogens is 982 g/mol. The summed E-state index contributed by atoms with van der Waals surface area (Å²) in [6.07, 6.45) is -5.55. The van der Waals surface area contributed by atoms with Gasteiger partial charge in [-0.25, -0.2) is 0 Å². The average Bonchev–Trinajstić information content (AvgIpc) is 3.78. The SMILES string of the molecule is CC1(C)O[C@@H]2[C@H](OP(OCc3ccccc3)OCc3ccccc3)[C@@H](OCc3ccccc3)[C@H](OP(OCc3ccccc3)OCc3ccccc3)[C@@H](OP(OCc3ccccc3)OCc3ccccc3)[C@@H]2O1. The molecule has 0 amide bonds. The minimum absolute atomic E-state index is 0.171. The van der Waals surface area contributed by atoms with Gasteiger partial charge in [0.1, 0.15) is 36.6 Å². The molecular formula is C58H61O12P3. The van der Waals surface area contributed by atoms with Crippen LogP contribution in [0.1, 0.15) is 52.8 Å². The topological polar surface area (TPSA) is 111 Å². The number of rotatable bonds is 27. The minimum Gasteiger partial charge on any atom is -0.368 e. The summed E-state index contributed by atoms with van der Waals surface area (Å²) in [7, 11) is -6.38. The second kappa shape index (κ2) is 27.8. The number of hydrogen-bond acceptors (Lipinski definition) is 12. The van der Waals surface area contributed by atoms with Crippen molar-refractivity contribution in [1.82, 2.24) is 0 Å². The van der Waals surface area contributed by atoms with E-state index in [1.54, 1.807) is 0 Å². The van der Waals surface area contributed by atoms with E-state index in [1.165, 1.54) is 0 Å².